The summed E-state index contributed by atoms with van der Waals surface area (Å²) in [6.07, 6.45) is 1.27. The molecule has 1 N–H and O–H groups in total. The summed E-state index contributed by atoms with van der Waals surface area (Å²) in [6, 6.07) is 11.3. The Balaban J connectivity index is 1.58. The van der Waals surface area contributed by atoms with Crippen molar-refractivity contribution in [3.05, 3.63) is 58.5 Å². The Morgan fingerprint density at radius 2 is 1.90 bits per heavy atom. The monoisotopic (exact) mass is 431 g/mol. The van der Waals surface area contributed by atoms with Crippen LogP contribution in [0.1, 0.15) is 24.5 Å². The lowest BCUT2D eigenvalue weighted by Crippen LogP contribution is -2.49. The lowest BCUT2D eigenvalue weighted by molar-refractivity contribution is -0.134. The Kier molecular flexibility index (Phi) is 5.66. The van der Waals surface area contributed by atoms with E-state index in [1.54, 1.807) is 35.9 Å². The summed E-state index contributed by atoms with van der Waals surface area (Å²) < 4.78 is 34.3. The molecule has 160 valence electrons. The highest BCUT2D eigenvalue weighted by Gasteiger charge is 2.36. The predicted molar refractivity (Wildman–Crippen MR) is 112 cm³/mol. The van der Waals surface area contributed by atoms with Gasteiger partial charge in [0.2, 0.25) is 5.91 Å². The normalized spacial score (nSPS) is 20.5. The third-order valence-corrected chi connectivity index (χ3v) is 7.16. The molecule has 0 radical (unpaired) electrons. The van der Waals surface area contributed by atoms with Crippen molar-refractivity contribution in [1.82, 2.24) is 9.47 Å². The van der Waals surface area contributed by atoms with E-state index in [1.165, 1.54) is 18.2 Å². The van der Waals surface area contributed by atoms with Gasteiger partial charge in [-0.15, -0.1) is 0 Å². The molecule has 1 fully saturated rings. The van der Waals surface area contributed by atoms with Crippen molar-refractivity contribution in [2.45, 2.75) is 30.2 Å². The Labute approximate surface area is 175 Å². The van der Waals surface area contributed by atoms with Crippen molar-refractivity contribution in [3.63, 3.8) is 0 Å². The summed E-state index contributed by atoms with van der Waals surface area (Å²) in [4.78, 5) is 27.4. The highest BCUT2D eigenvalue weighted by atomic mass is 32.2. The van der Waals surface area contributed by atoms with Crippen molar-refractivity contribution in [2.75, 3.05) is 31.5 Å². The number of carbonyl (C=O) groups is 1. The first-order valence-corrected chi connectivity index (χ1v) is 11.5. The average Bonchev–Trinajstić information content (AvgIpc) is 2.74. The van der Waals surface area contributed by atoms with Gasteiger partial charge in [-0.05, 0) is 36.6 Å². The predicted octanol–water partition coefficient (Wildman–Crippen LogP) is 1.63. The molecule has 1 aromatic heterocycles. The molecule has 2 unspecified atom stereocenters. The van der Waals surface area contributed by atoms with Crippen LogP contribution in [0.5, 0.6) is 0 Å². The number of hydrogen-bond donors (Lipinski definition) is 1. The maximum Gasteiger partial charge on any atom is 0.275 e. The molecule has 8 nitrogen and oxygen atoms in total. The number of fused-ring (bicyclic) bond motifs is 4. The van der Waals surface area contributed by atoms with E-state index in [0.717, 1.165) is 12.1 Å². The van der Waals surface area contributed by atoms with Gasteiger partial charge in [0.15, 0.2) is 0 Å². The van der Waals surface area contributed by atoms with Crippen LogP contribution in [0, 0.1) is 5.92 Å². The van der Waals surface area contributed by atoms with Gasteiger partial charge >= 0.3 is 0 Å². The van der Waals surface area contributed by atoms with Crippen LogP contribution in [-0.4, -0.2) is 50.6 Å². The first-order chi connectivity index (χ1) is 14.4. The summed E-state index contributed by atoms with van der Waals surface area (Å²) in [6.45, 7) is 2.03. The summed E-state index contributed by atoms with van der Waals surface area (Å²) >= 11 is 0. The molecule has 1 aromatic carbocycles. The van der Waals surface area contributed by atoms with E-state index >= 15 is 0 Å². The molecule has 2 aliphatic rings. The van der Waals surface area contributed by atoms with Crippen LogP contribution in [0.15, 0.2) is 52.2 Å². The lowest BCUT2D eigenvalue weighted by atomic mass is 9.83. The van der Waals surface area contributed by atoms with Crippen LogP contribution in [0.3, 0.4) is 0 Å². The summed E-state index contributed by atoms with van der Waals surface area (Å²) in [5.41, 5.74) is 0.541. The molecule has 3 heterocycles. The van der Waals surface area contributed by atoms with Gasteiger partial charge in [0, 0.05) is 38.4 Å². The second-order valence-corrected chi connectivity index (χ2v) is 9.53. The third kappa shape index (κ3) is 3.99. The van der Waals surface area contributed by atoms with Crippen molar-refractivity contribution in [2.24, 2.45) is 5.92 Å². The molecule has 1 saturated heterocycles. The quantitative estimate of drug-likeness (QED) is 0.750. The number of anilines is 1. The molecule has 2 bridgehead atoms. The average molecular weight is 432 g/mol. The van der Waals surface area contributed by atoms with Crippen molar-refractivity contribution in [1.29, 1.82) is 0 Å². The van der Waals surface area contributed by atoms with E-state index in [9.17, 15) is 18.0 Å². The number of pyridine rings is 1. The number of rotatable bonds is 6. The third-order valence-electron chi connectivity index (χ3n) is 5.77. The van der Waals surface area contributed by atoms with Crippen LogP contribution in [0.2, 0.25) is 0 Å². The van der Waals surface area contributed by atoms with Crippen LogP contribution in [0.4, 0.5) is 5.69 Å². The fourth-order valence-electron chi connectivity index (χ4n) is 4.38. The number of nitrogens with one attached hydrogen (secondary N) is 1. The first-order valence-electron chi connectivity index (χ1n) is 9.97. The van der Waals surface area contributed by atoms with Crippen molar-refractivity contribution in [3.8, 4) is 0 Å². The lowest BCUT2D eigenvalue weighted by Gasteiger charge is -2.43. The van der Waals surface area contributed by atoms with Crippen molar-refractivity contribution >= 4 is 21.6 Å². The Bertz CT molecular complexity index is 1100. The number of carbonyl (C=O) groups excluding carboxylic acids is 1. The Hall–Kier alpha value is -2.65. The van der Waals surface area contributed by atoms with Gasteiger partial charge in [-0.3, -0.25) is 14.3 Å². The van der Waals surface area contributed by atoms with Crippen LogP contribution in [0.25, 0.3) is 0 Å². The summed E-state index contributed by atoms with van der Waals surface area (Å²) in [5.74, 6) is 0.299. The van der Waals surface area contributed by atoms with Gasteiger partial charge < -0.3 is 14.2 Å². The zero-order chi connectivity index (χ0) is 21.3. The molecular weight excluding hydrogens is 406 g/mol. The van der Waals surface area contributed by atoms with E-state index in [1.807, 2.05) is 4.90 Å². The van der Waals surface area contributed by atoms with Gasteiger partial charge in [-0.25, -0.2) is 8.42 Å². The van der Waals surface area contributed by atoms with Crippen LogP contribution < -0.4 is 10.3 Å². The highest BCUT2D eigenvalue weighted by molar-refractivity contribution is 7.92. The number of likely N-dealkylation sites (tertiary alicyclic amines) is 1. The highest BCUT2D eigenvalue weighted by Crippen LogP contribution is 2.35. The fraction of sp³-hybridized carbons (Fsp3) is 0.429. The maximum atomic E-state index is 13.0. The van der Waals surface area contributed by atoms with Crippen LogP contribution >= 0.6 is 0 Å². The zero-order valence-electron chi connectivity index (χ0n) is 16.8. The minimum absolute atomic E-state index is 0.0376. The van der Waals surface area contributed by atoms with Gasteiger partial charge in [0.25, 0.3) is 15.6 Å². The topological polar surface area (TPSA) is 97.7 Å². The minimum Gasteiger partial charge on any atom is -0.384 e. The Morgan fingerprint density at radius 3 is 2.63 bits per heavy atom. The van der Waals surface area contributed by atoms with Gasteiger partial charge in [0.1, 0.15) is 5.69 Å². The molecule has 2 atom stereocenters. The molecule has 0 aliphatic carbocycles. The first kappa shape index (κ1) is 20.6. The number of sulfonamides is 1. The number of nitrogens with zero attached hydrogens (tertiary/aromatic N) is 2. The number of benzene rings is 1. The molecule has 30 heavy (non-hydrogen) atoms. The molecule has 2 aromatic rings. The van der Waals surface area contributed by atoms with E-state index in [0.29, 0.717) is 32.7 Å². The molecular formula is C21H25N3O5S. The molecule has 0 saturated carbocycles. The smallest absolute Gasteiger partial charge is 0.275 e. The fourth-order valence-corrected chi connectivity index (χ4v) is 5.46. The van der Waals surface area contributed by atoms with Gasteiger partial charge in [0.05, 0.1) is 17.9 Å². The molecule has 4 rings (SSSR count). The standard InChI is InChI=1S/C21H25N3O5S/c1-29-10-9-20(25)23-12-15-11-16(14-23)19-8-7-18(21(26)24(19)13-15)22-30(27,28)17-5-3-2-4-6-17/h2-8,15-16,22H,9-14H2,1H3. The maximum absolute atomic E-state index is 13.0. The zero-order valence-corrected chi connectivity index (χ0v) is 17.6. The van der Waals surface area contributed by atoms with E-state index in [-0.39, 0.29) is 33.9 Å². The van der Waals surface area contributed by atoms with E-state index < -0.39 is 10.0 Å². The molecule has 2 aliphatic heterocycles. The number of aromatic nitrogens is 1. The second kappa shape index (κ2) is 8.23. The number of amides is 1. The van der Waals surface area contributed by atoms with Crippen molar-refractivity contribution < 1.29 is 17.9 Å². The van der Waals surface area contributed by atoms with E-state index in [2.05, 4.69) is 4.72 Å². The van der Waals surface area contributed by atoms with Crippen LogP contribution in [-0.2, 0) is 26.1 Å². The second-order valence-electron chi connectivity index (χ2n) is 7.85. The summed E-state index contributed by atoms with van der Waals surface area (Å²) in [5, 5.41) is 0. The van der Waals surface area contributed by atoms with Gasteiger partial charge in [-0.2, -0.15) is 0 Å². The largest absolute Gasteiger partial charge is 0.384 e. The number of hydrogen-bond acceptors (Lipinski definition) is 5. The molecule has 1 amide bonds. The minimum atomic E-state index is -3.84. The Morgan fingerprint density at radius 1 is 1.13 bits per heavy atom. The number of piperidine rings is 1. The SMILES string of the molecule is COCCC(=O)N1CC2CC(C1)c1ccc(NS(=O)(=O)c3ccccc3)c(=O)n1C2. The summed E-state index contributed by atoms with van der Waals surface area (Å²) in [7, 11) is -2.26. The van der Waals surface area contributed by atoms with E-state index in [4.69, 9.17) is 4.74 Å². The molecule has 9 heteroatoms. The van der Waals surface area contributed by atoms with Gasteiger partial charge in [-0.1, -0.05) is 18.2 Å². The number of methoxy groups -OCH3 is 1. The number of ether oxygens (including phenoxy) is 1. The molecule has 0 spiro atoms.